The number of carbonyl (C=O) groups is 6. The number of nitrogens with zero attached hydrogens (tertiary/aromatic N) is 8. The van der Waals surface area contributed by atoms with E-state index in [1.807, 2.05) is 66.1 Å². The number of rotatable bonds is 4. The van der Waals surface area contributed by atoms with Crippen LogP contribution in [0.25, 0.3) is 51.3 Å². The molecule has 3 aliphatic heterocycles. The summed E-state index contributed by atoms with van der Waals surface area (Å²) in [6.07, 6.45) is 6.86. The van der Waals surface area contributed by atoms with Gasteiger partial charge < -0.3 is 4.57 Å². The first-order valence-corrected chi connectivity index (χ1v) is 18.7. The van der Waals surface area contributed by atoms with Crippen molar-refractivity contribution in [2.24, 2.45) is 14.1 Å². The van der Waals surface area contributed by atoms with Crippen LogP contribution < -0.4 is 16.0 Å². The van der Waals surface area contributed by atoms with Crippen LogP contribution in [-0.4, -0.2) is 73.0 Å². The average molecular weight is 794 g/mol. The number of benzene rings is 3. The van der Waals surface area contributed by atoms with Gasteiger partial charge in [-0.05, 0) is 114 Å². The molecule has 3 aromatic heterocycles. The molecule has 6 amide bonds. The van der Waals surface area contributed by atoms with E-state index >= 15 is 0 Å². The highest BCUT2D eigenvalue weighted by atomic mass is 32.2. The quantitative estimate of drug-likeness (QED) is 0.201. The highest BCUT2D eigenvalue weighted by Crippen LogP contribution is 2.28. The molecule has 6 heterocycles. The molecule has 0 atom stereocenters. The third-order valence-electron chi connectivity index (χ3n) is 7.94. The average Bonchev–Trinajstić information content (AvgIpc) is 4.00. The molecular weight excluding hydrogens is 767 g/mol. The second-order valence-corrected chi connectivity index (χ2v) is 14.8. The summed E-state index contributed by atoms with van der Waals surface area (Å²) >= 11 is 2.73. The largest absolute Gasteiger partial charge is 0.331 e. The van der Waals surface area contributed by atoms with E-state index in [0.717, 1.165) is 91.6 Å². The maximum absolute atomic E-state index is 11.5. The molecule has 0 bridgehead atoms. The number of imidazole rings is 1. The van der Waals surface area contributed by atoms with Gasteiger partial charge in [-0.1, -0.05) is 23.4 Å². The summed E-state index contributed by atoms with van der Waals surface area (Å²) in [6, 6.07) is 16.8. The molecule has 6 aromatic rings. The minimum Gasteiger partial charge on any atom is -0.331 e. The van der Waals surface area contributed by atoms with Crippen LogP contribution in [0.4, 0.5) is 14.4 Å². The van der Waals surface area contributed by atoms with E-state index in [0.29, 0.717) is 14.7 Å². The predicted molar refractivity (Wildman–Crippen MR) is 210 cm³/mol. The fraction of sp³-hybridized carbons (Fsp3) is 0.114. The second kappa shape index (κ2) is 15.5. The smallest absolute Gasteiger partial charge is 0.290 e. The lowest BCUT2D eigenvalue weighted by atomic mass is 10.2. The van der Waals surface area contributed by atoms with Gasteiger partial charge in [-0.3, -0.25) is 44.7 Å². The number of hydrogen-bond acceptors (Lipinski definition) is 14. The molecule has 276 valence electrons. The van der Waals surface area contributed by atoms with Gasteiger partial charge in [0.25, 0.3) is 33.4 Å². The van der Waals surface area contributed by atoms with Crippen molar-refractivity contribution in [3.63, 3.8) is 0 Å². The van der Waals surface area contributed by atoms with Crippen LogP contribution in [0.5, 0.6) is 0 Å². The van der Waals surface area contributed by atoms with Crippen molar-refractivity contribution in [2.45, 2.75) is 13.5 Å². The Morgan fingerprint density at radius 3 is 1.58 bits per heavy atom. The molecule has 0 radical (unpaired) electrons. The molecule has 20 heteroatoms. The first kappa shape index (κ1) is 37.0. The molecule has 0 aliphatic carbocycles. The van der Waals surface area contributed by atoms with E-state index in [1.165, 1.54) is 4.80 Å². The fourth-order valence-electron chi connectivity index (χ4n) is 5.40. The molecule has 0 saturated carbocycles. The summed E-state index contributed by atoms with van der Waals surface area (Å²) < 4.78 is 3.69. The van der Waals surface area contributed by atoms with Gasteiger partial charge in [-0.25, -0.2) is 9.67 Å². The van der Waals surface area contributed by atoms with Crippen molar-refractivity contribution in [1.82, 2.24) is 55.5 Å². The SMILES string of the molecule is CCn1cnc2ccc(C=C3SC(=O)NC3=O)cc21.Cn1nc2ccc(C=C3SC(=O)NC3=O)cc2n1.Cn1nnc2ccc(C=C3SC(=O)NC3=O)cc21. The van der Waals surface area contributed by atoms with Crippen LogP contribution in [0, 0.1) is 0 Å². The zero-order valence-electron chi connectivity index (χ0n) is 29.0. The number of nitrogens with one attached hydrogen (secondary N) is 3. The van der Waals surface area contributed by atoms with Gasteiger partial charge in [0.2, 0.25) is 0 Å². The predicted octanol–water partition coefficient (Wildman–Crippen LogP) is 4.96. The molecule has 3 fully saturated rings. The molecule has 3 N–H and O–H groups in total. The Bertz CT molecular complexity index is 2700. The van der Waals surface area contributed by atoms with Gasteiger partial charge in [0.15, 0.2) is 0 Å². The first-order valence-electron chi connectivity index (χ1n) is 16.2. The number of amides is 6. The van der Waals surface area contributed by atoms with Crippen molar-refractivity contribution in [2.75, 3.05) is 0 Å². The highest BCUT2D eigenvalue weighted by Gasteiger charge is 2.26. The Hall–Kier alpha value is -6.38. The Balaban J connectivity index is 0.000000127. The van der Waals surface area contributed by atoms with Crippen LogP contribution in [0.3, 0.4) is 0 Å². The van der Waals surface area contributed by atoms with Crippen molar-refractivity contribution in [3.05, 3.63) is 92.3 Å². The van der Waals surface area contributed by atoms with Crippen LogP contribution in [0.1, 0.15) is 23.6 Å². The van der Waals surface area contributed by atoms with Crippen LogP contribution >= 0.6 is 35.3 Å². The standard InChI is InChI=1S/C13H11N3O2S.2C11H8N4O2S/c1-2-16-7-14-9-4-3-8(5-10(9)16)6-11-12(17)15-13(18)19-11;1-15-8-4-6(2-3-7(8)13-14-15)5-9-10(16)12-11(17)18-9;1-15-13-7-3-2-6(4-8(7)14-15)5-9-10(16)12-11(17)18-9/h3-7H,2H2,1H3,(H,15,17,18);2*2-5H,1H3,(H,12,16,17). The van der Waals surface area contributed by atoms with E-state index in [-0.39, 0.29) is 33.4 Å². The first-order chi connectivity index (χ1) is 26.4. The summed E-state index contributed by atoms with van der Waals surface area (Å²) in [5.41, 5.74) is 7.68. The molecule has 17 nitrogen and oxygen atoms in total. The third kappa shape index (κ3) is 8.40. The lowest BCUT2D eigenvalue weighted by molar-refractivity contribution is -0.116. The number of carbonyl (C=O) groups excluding carboxylic acids is 6. The fourth-order valence-corrected chi connectivity index (χ4v) is 7.45. The van der Waals surface area contributed by atoms with Gasteiger partial charge in [-0.2, -0.15) is 15.0 Å². The number of fused-ring (bicyclic) bond motifs is 3. The number of aryl methyl sites for hydroxylation is 3. The van der Waals surface area contributed by atoms with Gasteiger partial charge in [0.1, 0.15) is 16.6 Å². The van der Waals surface area contributed by atoms with E-state index in [1.54, 1.807) is 43.3 Å². The molecule has 3 aliphatic rings. The molecule has 3 aromatic carbocycles. The lowest BCUT2D eigenvalue weighted by Gasteiger charge is -2.00. The Labute approximate surface area is 323 Å². The van der Waals surface area contributed by atoms with E-state index in [9.17, 15) is 28.8 Å². The summed E-state index contributed by atoms with van der Waals surface area (Å²) in [7, 11) is 3.55. The van der Waals surface area contributed by atoms with Crippen molar-refractivity contribution >= 4 is 120 Å². The summed E-state index contributed by atoms with van der Waals surface area (Å²) in [6.45, 7) is 2.88. The molecule has 3 saturated heterocycles. The van der Waals surface area contributed by atoms with Crippen LogP contribution in [0.2, 0.25) is 0 Å². The molecule has 55 heavy (non-hydrogen) atoms. The minimum atomic E-state index is -0.357. The summed E-state index contributed by atoms with van der Waals surface area (Å²) in [5, 5.41) is 21.9. The van der Waals surface area contributed by atoms with E-state index in [4.69, 9.17) is 0 Å². The summed E-state index contributed by atoms with van der Waals surface area (Å²) in [5.74, 6) is -1.04. The van der Waals surface area contributed by atoms with Crippen molar-refractivity contribution in [1.29, 1.82) is 0 Å². The molecule has 0 spiro atoms. The lowest BCUT2D eigenvalue weighted by Crippen LogP contribution is -2.17. The minimum absolute atomic E-state index is 0.323. The Morgan fingerprint density at radius 1 is 0.600 bits per heavy atom. The third-order valence-corrected chi connectivity index (χ3v) is 10.4. The zero-order valence-corrected chi connectivity index (χ0v) is 31.4. The number of aromatic nitrogens is 8. The maximum atomic E-state index is 11.5. The normalized spacial score (nSPS) is 17.6. The second-order valence-electron chi connectivity index (χ2n) is 11.7. The van der Waals surface area contributed by atoms with Gasteiger partial charge in [0.05, 0.1) is 37.6 Å². The van der Waals surface area contributed by atoms with Crippen LogP contribution in [-0.2, 0) is 35.0 Å². The number of hydrogen-bond donors (Lipinski definition) is 3. The number of imide groups is 3. The van der Waals surface area contributed by atoms with Crippen LogP contribution in [0.15, 0.2) is 75.6 Å². The van der Waals surface area contributed by atoms with Gasteiger partial charge in [0, 0.05) is 20.6 Å². The maximum Gasteiger partial charge on any atom is 0.290 e. The highest BCUT2D eigenvalue weighted by molar-refractivity contribution is 8.19. The van der Waals surface area contributed by atoms with Crippen molar-refractivity contribution < 1.29 is 28.8 Å². The van der Waals surface area contributed by atoms with Gasteiger partial charge >= 0.3 is 0 Å². The van der Waals surface area contributed by atoms with E-state index < -0.39 is 0 Å². The topological polar surface area (TPSA) is 218 Å². The van der Waals surface area contributed by atoms with Gasteiger partial charge in [-0.15, -0.1) is 5.10 Å². The Morgan fingerprint density at radius 2 is 1.07 bits per heavy atom. The number of thioether (sulfide) groups is 3. The molecule has 0 unspecified atom stereocenters. The van der Waals surface area contributed by atoms with E-state index in [2.05, 4.69) is 41.4 Å². The monoisotopic (exact) mass is 793 g/mol. The molecular formula is C35H27N11O6S3. The van der Waals surface area contributed by atoms with Crippen molar-refractivity contribution in [3.8, 4) is 0 Å². The molecule has 9 rings (SSSR count). The Kier molecular flexibility index (Phi) is 10.4. The summed E-state index contributed by atoms with van der Waals surface area (Å²) in [4.78, 5) is 74.5. The zero-order chi connectivity index (χ0) is 38.8.